The lowest BCUT2D eigenvalue weighted by molar-refractivity contribution is 0.142. The molecule has 1 atom stereocenters. The smallest absolute Gasteiger partial charge is 0.142 e. The van der Waals surface area contributed by atoms with Crippen LogP contribution in [0.4, 0.5) is 4.39 Å². The van der Waals surface area contributed by atoms with Crippen LogP contribution >= 0.6 is 39.5 Å². The number of hydrogen-bond donors (Lipinski definition) is 2. The van der Waals surface area contributed by atoms with E-state index in [9.17, 15) is 9.50 Å². The van der Waals surface area contributed by atoms with Crippen LogP contribution in [0.1, 0.15) is 19.4 Å². The molecule has 0 heterocycles. The highest BCUT2D eigenvalue weighted by atomic mass is 79.9. The quantitative estimate of drug-likeness (QED) is 0.492. The molecular formula is C20H25BrClFN2OS. The van der Waals surface area contributed by atoms with Crippen LogP contribution in [0.2, 0.25) is 5.02 Å². The first kappa shape index (κ1) is 22.7. The largest absolute Gasteiger partial charge is 0.390 e. The molecule has 0 spiro atoms. The fourth-order valence-corrected chi connectivity index (χ4v) is 3.94. The van der Waals surface area contributed by atoms with E-state index in [-0.39, 0.29) is 10.6 Å². The molecule has 1 unspecified atom stereocenters. The molecular weight excluding hydrogens is 451 g/mol. The molecule has 0 amide bonds. The number of nitrogens with one attached hydrogen (secondary N) is 1. The van der Waals surface area contributed by atoms with E-state index in [0.29, 0.717) is 19.5 Å². The van der Waals surface area contributed by atoms with Crippen molar-refractivity contribution in [2.75, 3.05) is 20.1 Å². The molecule has 3 nitrogen and oxygen atoms in total. The second-order valence-electron chi connectivity index (χ2n) is 7.20. The SMILES string of the molecule is CN(CC(O)CNC(C)(C)Cc1ccc(Cl)c(F)c1)Sc1ccc(Br)cc1. The van der Waals surface area contributed by atoms with Crippen molar-refractivity contribution in [3.05, 3.63) is 63.3 Å². The van der Waals surface area contributed by atoms with Crippen LogP contribution in [0.5, 0.6) is 0 Å². The Morgan fingerprint density at radius 1 is 1.26 bits per heavy atom. The van der Waals surface area contributed by atoms with Crippen molar-refractivity contribution < 1.29 is 9.50 Å². The Morgan fingerprint density at radius 2 is 1.93 bits per heavy atom. The summed E-state index contributed by atoms with van der Waals surface area (Å²) >= 11 is 10.7. The molecule has 0 aliphatic heterocycles. The van der Waals surface area contributed by atoms with Crippen molar-refractivity contribution in [3.63, 3.8) is 0 Å². The lowest BCUT2D eigenvalue weighted by Gasteiger charge is -2.29. The predicted molar refractivity (Wildman–Crippen MR) is 116 cm³/mol. The van der Waals surface area contributed by atoms with Crippen molar-refractivity contribution >= 4 is 39.5 Å². The van der Waals surface area contributed by atoms with E-state index in [1.54, 1.807) is 18.0 Å². The number of benzene rings is 2. The molecule has 0 aliphatic rings. The summed E-state index contributed by atoms with van der Waals surface area (Å²) in [5, 5.41) is 13.9. The normalized spacial score (nSPS) is 13.2. The third kappa shape index (κ3) is 8.10. The second-order valence-corrected chi connectivity index (χ2v) is 9.80. The standard InChI is InChI=1S/C20H25BrClFN2OS/c1-20(2,11-14-4-9-18(22)19(23)10-14)24-12-16(26)13-25(3)27-17-7-5-15(21)6-8-17/h4-10,16,24,26H,11-13H2,1-3H3. The summed E-state index contributed by atoms with van der Waals surface area (Å²) in [5.74, 6) is -0.406. The third-order valence-electron chi connectivity index (χ3n) is 3.99. The highest BCUT2D eigenvalue weighted by molar-refractivity contribution is 9.10. The Labute approximate surface area is 178 Å². The molecule has 0 aliphatic carbocycles. The van der Waals surface area contributed by atoms with Gasteiger partial charge in [-0.05, 0) is 81.2 Å². The monoisotopic (exact) mass is 474 g/mol. The van der Waals surface area contributed by atoms with Gasteiger partial charge in [0.1, 0.15) is 5.82 Å². The van der Waals surface area contributed by atoms with E-state index in [0.717, 1.165) is 14.9 Å². The average Bonchev–Trinajstić information content (AvgIpc) is 2.58. The molecule has 0 fully saturated rings. The number of hydrogen-bond acceptors (Lipinski definition) is 4. The van der Waals surface area contributed by atoms with Gasteiger partial charge in [0.25, 0.3) is 0 Å². The van der Waals surface area contributed by atoms with Gasteiger partial charge in [-0.25, -0.2) is 8.70 Å². The van der Waals surface area contributed by atoms with Gasteiger partial charge >= 0.3 is 0 Å². The number of aliphatic hydroxyl groups excluding tert-OH is 1. The minimum absolute atomic E-state index is 0.131. The van der Waals surface area contributed by atoms with E-state index >= 15 is 0 Å². The first-order valence-corrected chi connectivity index (χ1v) is 10.6. The van der Waals surface area contributed by atoms with Gasteiger partial charge in [0, 0.05) is 28.0 Å². The summed E-state index contributed by atoms with van der Waals surface area (Å²) < 4.78 is 16.7. The Bertz CT molecular complexity index is 745. The van der Waals surface area contributed by atoms with Gasteiger partial charge in [-0.3, -0.25) is 0 Å². The number of rotatable bonds is 9. The Hall–Kier alpha value is -0.630. The molecule has 0 bridgehead atoms. The van der Waals surface area contributed by atoms with Crippen LogP contribution in [0.25, 0.3) is 0 Å². The highest BCUT2D eigenvalue weighted by Crippen LogP contribution is 2.23. The maximum absolute atomic E-state index is 13.6. The third-order valence-corrected chi connectivity index (χ3v) is 5.77. The highest BCUT2D eigenvalue weighted by Gasteiger charge is 2.20. The number of β-amino-alcohol motifs (C(OH)–C–C–N with tert-alkyl or cyclic N) is 1. The molecule has 2 aromatic carbocycles. The first-order valence-electron chi connectivity index (χ1n) is 8.66. The molecule has 2 rings (SSSR count). The van der Waals surface area contributed by atoms with Crippen molar-refractivity contribution in [1.29, 1.82) is 0 Å². The van der Waals surface area contributed by atoms with Crippen LogP contribution in [0.3, 0.4) is 0 Å². The van der Waals surface area contributed by atoms with Crippen LogP contribution in [0.15, 0.2) is 51.8 Å². The van der Waals surface area contributed by atoms with Gasteiger partial charge in [-0.15, -0.1) is 0 Å². The zero-order valence-corrected chi connectivity index (χ0v) is 18.8. The molecule has 2 N–H and O–H groups in total. The maximum Gasteiger partial charge on any atom is 0.142 e. The van der Waals surface area contributed by atoms with Crippen molar-refractivity contribution in [3.8, 4) is 0 Å². The Kier molecular flexibility index (Phi) is 8.59. The summed E-state index contributed by atoms with van der Waals surface area (Å²) in [6, 6.07) is 12.9. The summed E-state index contributed by atoms with van der Waals surface area (Å²) in [4.78, 5) is 1.12. The molecule has 148 valence electrons. The van der Waals surface area contributed by atoms with E-state index in [2.05, 4.69) is 21.2 Å². The van der Waals surface area contributed by atoms with Crippen LogP contribution in [0, 0.1) is 5.82 Å². The van der Waals surface area contributed by atoms with Gasteiger partial charge in [0.15, 0.2) is 0 Å². The predicted octanol–water partition coefficient (Wildman–Crippen LogP) is 5.15. The maximum atomic E-state index is 13.6. The molecule has 0 aromatic heterocycles. The van der Waals surface area contributed by atoms with Crippen molar-refractivity contribution in [1.82, 2.24) is 9.62 Å². The Balaban J connectivity index is 1.79. The molecule has 27 heavy (non-hydrogen) atoms. The molecule has 0 radical (unpaired) electrons. The minimum Gasteiger partial charge on any atom is -0.390 e. The summed E-state index contributed by atoms with van der Waals surface area (Å²) in [6.45, 7) is 5.05. The van der Waals surface area contributed by atoms with E-state index < -0.39 is 11.9 Å². The number of aliphatic hydroxyl groups is 1. The van der Waals surface area contributed by atoms with Gasteiger partial charge in [0.05, 0.1) is 11.1 Å². The number of halogens is 3. The summed E-state index contributed by atoms with van der Waals surface area (Å²) in [7, 11) is 1.96. The number of likely N-dealkylation sites (N-methyl/N-ethyl adjacent to an activating group) is 1. The van der Waals surface area contributed by atoms with Gasteiger partial charge in [0.2, 0.25) is 0 Å². The zero-order valence-electron chi connectivity index (χ0n) is 15.7. The van der Waals surface area contributed by atoms with Gasteiger partial charge in [-0.1, -0.05) is 33.6 Å². The van der Waals surface area contributed by atoms with Crippen LogP contribution in [-0.2, 0) is 6.42 Å². The van der Waals surface area contributed by atoms with E-state index in [4.69, 9.17) is 11.6 Å². The van der Waals surface area contributed by atoms with Crippen molar-refractivity contribution in [2.24, 2.45) is 0 Å². The second kappa shape index (κ2) is 10.2. The van der Waals surface area contributed by atoms with E-state index in [1.807, 2.05) is 55.5 Å². The van der Waals surface area contributed by atoms with Crippen LogP contribution < -0.4 is 5.32 Å². The zero-order chi connectivity index (χ0) is 20.0. The lowest BCUT2D eigenvalue weighted by atomic mass is 9.94. The molecule has 0 saturated heterocycles. The van der Waals surface area contributed by atoms with E-state index in [1.165, 1.54) is 6.07 Å². The Morgan fingerprint density at radius 3 is 2.56 bits per heavy atom. The molecule has 2 aromatic rings. The van der Waals surface area contributed by atoms with Gasteiger partial charge in [-0.2, -0.15) is 0 Å². The lowest BCUT2D eigenvalue weighted by Crippen LogP contribution is -2.46. The summed E-state index contributed by atoms with van der Waals surface area (Å²) in [5.41, 5.74) is 0.588. The number of nitrogens with zero attached hydrogens (tertiary/aromatic N) is 1. The first-order chi connectivity index (χ1) is 12.6. The van der Waals surface area contributed by atoms with Crippen molar-refractivity contribution in [2.45, 2.75) is 36.8 Å². The van der Waals surface area contributed by atoms with Crippen LogP contribution in [-0.4, -0.2) is 41.2 Å². The minimum atomic E-state index is -0.515. The molecule has 0 saturated carbocycles. The van der Waals surface area contributed by atoms with Gasteiger partial charge < -0.3 is 10.4 Å². The molecule has 7 heteroatoms. The average molecular weight is 476 g/mol. The fourth-order valence-electron chi connectivity index (χ4n) is 2.69. The fraction of sp³-hybridized carbons (Fsp3) is 0.400. The summed E-state index contributed by atoms with van der Waals surface area (Å²) in [6.07, 6.45) is 0.122. The topological polar surface area (TPSA) is 35.5 Å².